The van der Waals surface area contributed by atoms with E-state index in [0.717, 1.165) is 19.3 Å². The second kappa shape index (κ2) is 12.7. The van der Waals surface area contributed by atoms with Gasteiger partial charge in [-0.05, 0) is 62.3 Å². The van der Waals surface area contributed by atoms with Crippen molar-refractivity contribution in [2.75, 3.05) is 17.7 Å². The topological polar surface area (TPSA) is 88.7 Å². The Morgan fingerprint density at radius 3 is 2.56 bits per heavy atom. The minimum absolute atomic E-state index is 0.0606. The van der Waals surface area contributed by atoms with Crippen LogP contribution in [-0.2, 0) is 4.79 Å². The molecule has 0 heterocycles. The number of thiocarbonyl (C=S) groups is 1. The molecular formula is C24H31N3O4S. The standard InChI is InChI=1S/C24H31N3O4S/c1-5-7-11-22(28)26-20-13-12-18(15-21(20)30-4)25-24(32)27-23(29)17-9-8-10-19(14-17)31-16(3)6-2/h8-10,12-16H,5-7,11H2,1-4H3,(H,26,28)(H2,25,27,29,32)/t16-/m1/s1. The van der Waals surface area contributed by atoms with Crippen LogP contribution < -0.4 is 25.4 Å². The SMILES string of the molecule is CCCCC(=O)Nc1ccc(NC(=S)NC(=O)c2cccc(O[C@H](C)CC)c2)cc1OC. The van der Waals surface area contributed by atoms with E-state index in [1.54, 1.807) is 36.4 Å². The number of rotatable bonds is 10. The number of anilines is 2. The third-order valence-electron chi connectivity index (χ3n) is 4.73. The van der Waals surface area contributed by atoms with Crippen LogP contribution in [0.4, 0.5) is 11.4 Å². The highest BCUT2D eigenvalue weighted by Gasteiger charge is 2.12. The van der Waals surface area contributed by atoms with E-state index in [9.17, 15) is 9.59 Å². The summed E-state index contributed by atoms with van der Waals surface area (Å²) in [5.41, 5.74) is 1.64. The van der Waals surface area contributed by atoms with E-state index in [-0.39, 0.29) is 23.0 Å². The van der Waals surface area contributed by atoms with Crippen molar-refractivity contribution in [3.63, 3.8) is 0 Å². The van der Waals surface area contributed by atoms with Crippen molar-refractivity contribution in [3.05, 3.63) is 48.0 Å². The maximum atomic E-state index is 12.6. The van der Waals surface area contributed by atoms with Gasteiger partial charge in [0, 0.05) is 23.7 Å². The number of hydrogen-bond acceptors (Lipinski definition) is 5. The number of nitrogens with one attached hydrogen (secondary N) is 3. The molecule has 3 N–H and O–H groups in total. The molecule has 2 aromatic rings. The number of carbonyl (C=O) groups is 2. The lowest BCUT2D eigenvalue weighted by atomic mass is 10.2. The molecule has 0 aliphatic rings. The van der Waals surface area contributed by atoms with Crippen LogP contribution in [-0.4, -0.2) is 30.1 Å². The second-order valence-electron chi connectivity index (χ2n) is 7.34. The van der Waals surface area contributed by atoms with Crippen LogP contribution >= 0.6 is 12.2 Å². The maximum absolute atomic E-state index is 12.6. The summed E-state index contributed by atoms with van der Waals surface area (Å²) in [6.07, 6.45) is 3.17. The zero-order chi connectivity index (χ0) is 23.5. The Bertz CT molecular complexity index is 949. The molecule has 1 atom stereocenters. The molecule has 0 bridgehead atoms. The zero-order valence-corrected chi connectivity index (χ0v) is 19.8. The van der Waals surface area contributed by atoms with Gasteiger partial charge in [0.25, 0.3) is 5.91 Å². The molecular weight excluding hydrogens is 426 g/mol. The van der Waals surface area contributed by atoms with Gasteiger partial charge in [-0.15, -0.1) is 0 Å². The third kappa shape index (κ3) is 7.85. The number of benzene rings is 2. The third-order valence-corrected chi connectivity index (χ3v) is 4.93. The number of amides is 2. The molecule has 0 aliphatic carbocycles. The predicted molar refractivity (Wildman–Crippen MR) is 132 cm³/mol. The van der Waals surface area contributed by atoms with Gasteiger partial charge in [-0.3, -0.25) is 14.9 Å². The lowest BCUT2D eigenvalue weighted by molar-refractivity contribution is -0.116. The van der Waals surface area contributed by atoms with E-state index in [1.807, 2.05) is 26.8 Å². The molecule has 2 aromatic carbocycles. The first-order chi connectivity index (χ1) is 15.4. The molecule has 7 nitrogen and oxygen atoms in total. The van der Waals surface area contributed by atoms with Crippen molar-refractivity contribution in [1.82, 2.24) is 5.32 Å². The Hall–Kier alpha value is -3.13. The second-order valence-corrected chi connectivity index (χ2v) is 7.75. The van der Waals surface area contributed by atoms with Crippen LogP contribution in [0, 0.1) is 0 Å². The molecule has 172 valence electrons. The molecule has 8 heteroatoms. The zero-order valence-electron chi connectivity index (χ0n) is 19.0. The summed E-state index contributed by atoms with van der Waals surface area (Å²) in [6, 6.07) is 12.1. The van der Waals surface area contributed by atoms with Gasteiger partial charge in [0.05, 0.1) is 18.9 Å². The molecule has 2 rings (SSSR count). The van der Waals surface area contributed by atoms with Crippen molar-refractivity contribution in [2.45, 2.75) is 52.6 Å². The lowest BCUT2D eigenvalue weighted by Gasteiger charge is -2.15. The highest BCUT2D eigenvalue weighted by Crippen LogP contribution is 2.28. The summed E-state index contributed by atoms with van der Waals surface area (Å²) in [5.74, 6) is 0.716. The minimum Gasteiger partial charge on any atom is -0.494 e. The Labute approximate surface area is 194 Å². The van der Waals surface area contributed by atoms with Crippen LogP contribution in [0.1, 0.15) is 56.8 Å². The molecule has 0 saturated carbocycles. The average Bonchev–Trinajstić information content (AvgIpc) is 2.78. The molecule has 0 aromatic heterocycles. The minimum atomic E-state index is -0.344. The van der Waals surface area contributed by atoms with Gasteiger partial charge < -0.3 is 20.1 Å². The van der Waals surface area contributed by atoms with Crippen LogP contribution in [0.5, 0.6) is 11.5 Å². The van der Waals surface area contributed by atoms with Crippen molar-refractivity contribution >= 4 is 40.5 Å². The molecule has 0 radical (unpaired) electrons. The Morgan fingerprint density at radius 2 is 1.88 bits per heavy atom. The van der Waals surface area contributed by atoms with Gasteiger partial charge >= 0.3 is 0 Å². The molecule has 0 aliphatic heterocycles. The van der Waals surface area contributed by atoms with Gasteiger partial charge in [0.1, 0.15) is 11.5 Å². The van der Waals surface area contributed by atoms with Crippen molar-refractivity contribution in [1.29, 1.82) is 0 Å². The Morgan fingerprint density at radius 1 is 1.09 bits per heavy atom. The fourth-order valence-electron chi connectivity index (χ4n) is 2.79. The van der Waals surface area contributed by atoms with E-state index in [1.165, 1.54) is 7.11 Å². The normalized spacial score (nSPS) is 11.2. The quantitative estimate of drug-likeness (QED) is 0.429. The van der Waals surface area contributed by atoms with E-state index >= 15 is 0 Å². The highest BCUT2D eigenvalue weighted by molar-refractivity contribution is 7.80. The number of unbranched alkanes of at least 4 members (excludes halogenated alkanes) is 1. The van der Waals surface area contributed by atoms with Crippen LogP contribution in [0.15, 0.2) is 42.5 Å². The molecule has 2 amide bonds. The van der Waals surface area contributed by atoms with Crippen molar-refractivity contribution in [2.24, 2.45) is 0 Å². The number of ether oxygens (including phenoxy) is 2. The first kappa shape index (κ1) is 25.1. The number of methoxy groups -OCH3 is 1. The predicted octanol–water partition coefficient (Wildman–Crippen LogP) is 5.13. The van der Waals surface area contributed by atoms with Crippen LogP contribution in [0.2, 0.25) is 0 Å². The van der Waals surface area contributed by atoms with Crippen LogP contribution in [0.25, 0.3) is 0 Å². The fourth-order valence-corrected chi connectivity index (χ4v) is 3.00. The van der Waals surface area contributed by atoms with Crippen molar-refractivity contribution in [3.8, 4) is 11.5 Å². The van der Waals surface area contributed by atoms with Gasteiger partial charge in [0.2, 0.25) is 5.91 Å². The molecule has 0 fully saturated rings. The summed E-state index contributed by atoms with van der Waals surface area (Å²) < 4.78 is 11.1. The molecule has 32 heavy (non-hydrogen) atoms. The first-order valence-corrected chi connectivity index (χ1v) is 11.1. The Kier molecular flexibility index (Phi) is 9.94. The van der Waals surface area contributed by atoms with Gasteiger partial charge in [0.15, 0.2) is 5.11 Å². The summed E-state index contributed by atoms with van der Waals surface area (Å²) in [6.45, 7) is 6.04. The van der Waals surface area contributed by atoms with Gasteiger partial charge in [-0.1, -0.05) is 26.3 Å². The Balaban J connectivity index is 1.99. The molecule has 0 saturated heterocycles. The summed E-state index contributed by atoms with van der Waals surface area (Å²) in [5, 5.41) is 8.62. The maximum Gasteiger partial charge on any atom is 0.257 e. The smallest absolute Gasteiger partial charge is 0.257 e. The summed E-state index contributed by atoms with van der Waals surface area (Å²) >= 11 is 5.28. The monoisotopic (exact) mass is 457 g/mol. The van der Waals surface area contributed by atoms with E-state index < -0.39 is 0 Å². The fraction of sp³-hybridized carbons (Fsp3) is 0.375. The van der Waals surface area contributed by atoms with E-state index in [0.29, 0.717) is 34.9 Å². The van der Waals surface area contributed by atoms with Crippen molar-refractivity contribution < 1.29 is 19.1 Å². The number of carbonyl (C=O) groups excluding carboxylic acids is 2. The largest absolute Gasteiger partial charge is 0.494 e. The van der Waals surface area contributed by atoms with E-state index in [2.05, 4.69) is 16.0 Å². The average molecular weight is 458 g/mol. The highest BCUT2D eigenvalue weighted by atomic mass is 32.1. The molecule has 0 unspecified atom stereocenters. The van der Waals surface area contributed by atoms with Gasteiger partial charge in [-0.2, -0.15) is 0 Å². The van der Waals surface area contributed by atoms with Gasteiger partial charge in [-0.25, -0.2) is 0 Å². The summed E-state index contributed by atoms with van der Waals surface area (Å²) in [4.78, 5) is 24.6. The summed E-state index contributed by atoms with van der Waals surface area (Å²) in [7, 11) is 1.52. The first-order valence-electron chi connectivity index (χ1n) is 10.7. The number of hydrogen-bond donors (Lipinski definition) is 3. The lowest BCUT2D eigenvalue weighted by Crippen LogP contribution is -2.34. The van der Waals surface area contributed by atoms with E-state index in [4.69, 9.17) is 21.7 Å². The van der Waals surface area contributed by atoms with Crippen LogP contribution in [0.3, 0.4) is 0 Å². The molecule has 0 spiro atoms.